The van der Waals surface area contributed by atoms with Gasteiger partial charge in [0.05, 0.1) is 6.42 Å². The molecule has 0 fully saturated rings. The van der Waals surface area contributed by atoms with Crippen molar-refractivity contribution in [2.24, 2.45) is 5.73 Å². The molecule has 0 aliphatic rings. The number of amides is 1. The van der Waals surface area contributed by atoms with Crippen LogP contribution in [-0.4, -0.2) is 36.1 Å². The lowest BCUT2D eigenvalue weighted by atomic mass is 10.0. The lowest BCUT2D eigenvalue weighted by Crippen LogP contribution is -2.40. The smallest absolute Gasteiger partial charge is 0.345 e. The molecule has 0 aromatic heterocycles. The molecule has 3 nitrogen and oxygen atoms in total. The minimum atomic E-state index is -4.23. The first kappa shape index (κ1) is 14.2. The number of hydrogen-bond acceptors (Lipinski definition) is 2. The van der Waals surface area contributed by atoms with Crippen LogP contribution in [-0.2, 0) is 4.79 Å². The molecular formula is C9H17F3N2O. The number of carbonyl (C=O) groups excluding carboxylic acids is 1. The van der Waals surface area contributed by atoms with Crippen LogP contribution in [0.4, 0.5) is 13.2 Å². The second-order valence-corrected chi connectivity index (χ2v) is 4.35. The Bertz CT molecular complexity index is 220. The second kappa shape index (κ2) is 4.83. The predicted molar refractivity (Wildman–Crippen MR) is 51.2 cm³/mol. The third kappa shape index (κ3) is 8.23. The van der Waals surface area contributed by atoms with Crippen LogP contribution >= 0.6 is 0 Å². The van der Waals surface area contributed by atoms with Crippen LogP contribution in [0.2, 0.25) is 0 Å². The molecule has 0 aromatic carbocycles. The maximum absolute atomic E-state index is 11.9. The van der Waals surface area contributed by atoms with E-state index in [1.54, 1.807) is 13.8 Å². The Hall–Kier alpha value is -0.780. The first-order valence-electron chi connectivity index (χ1n) is 4.61. The van der Waals surface area contributed by atoms with E-state index in [0.29, 0.717) is 0 Å². The lowest BCUT2D eigenvalue weighted by Gasteiger charge is -2.23. The van der Waals surface area contributed by atoms with Gasteiger partial charge >= 0.3 is 6.18 Å². The molecule has 0 aromatic rings. The van der Waals surface area contributed by atoms with Gasteiger partial charge in [-0.05, 0) is 13.8 Å². The fraction of sp³-hybridized carbons (Fsp3) is 0.889. The lowest BCUT2D eigenvalue weighted by molar-refractivity contribution is -0.144. The van der Waals surface area contributed by atoms with Crippen molar-refractivity contribution in [1.82, 2.24) is 4.90 Å². The van der Waals surface area contributed by atoms with Crippen molar-refractivity contribution in [1.29, 1.82) is 0 Å². The first-order valence-corrected chi connectivity index (χ1v) is 4.61. The van der Waals surface area contributed by atoms with Crippen molar-refractivity contribution in [3.8, 4) is 0 Å². The van der Waals surface area contributed by atoms with Crippen LogP contribution in [0, 0.1) is 0 Å². The van der Waals surface area contributed by atoms with Crippen molar-refractivity contribution in [3.05, 3.63) is 0 Å². The molecule has 90 valence electrons. The third-order valence-corrected chi connectivity index (χ3v) is 1.76. The topological polar surface area (TPSA) is 46.3 Å². The number of hydrogen-bond donors (Lipinski definition) is 1. The van der Waals surface area contributed by atoms with E-state index < -0.39 is 18.1 Å². The van der Waals surface area contributed by atoms with Crippen molar-refractivity contribution >= 4 is 5.91 Å². The number of carbonyl (C=O) groups is 1. The number of alkyl halides is 3. The SMILES string of the molecule is CN(CCC(F)(F)F)C(=O)CC(C)(C)N. The fourth-order valence-corrected chi connectivity index (χ4v) is 0.944. The van der Waals surface area contributed by atoms with Crippen molar-refractivity contribution < 1.29 is 18.0 Å². The molecule has 0 unspecified atom stereocenters. The number of rotatable bonds is 4. The van der Waals surface area contributed by atoms with Gasteiger partial charge in [-0.3, -0.25) is 4.79 Å². The van der Waals surface area contributed by atoms with Crippen molar-refractivity contribution in [2.75, 3.05) is 13.6 Å². The highest BCUT2D eigenvalue weighted by Crippen LogP contribution is 2.19. The van der Waals surface area contributed by atoms with Crippen LogP contribution in [0.5, 0.6) is 0 Å². The van der Waals surface area contributed by atoms with Crippen molar-refractivity contribution in [3.63, 3.8) is 0 Å². The monoisotopic (exact) mass is 226 g/mol. The van der Waals surface area contributed by atoms with E-state index in [-0.39, 0.29) is 18.9 Å². The van der Waals surface area contributed by atoms with Gasteiger partial charge in [0.2, 0.25) is 5.91 Å². The molecule has 0 radical (unpaired) electrons. The summed E-state index contributed by atoms with van der Waals surface area (Å²) in [4.78, 5) is 12.4. The average molecular weight is 226 g/mol. The molecule has 0 aliphatic heterocycles. The van der Waals surface area contributed by atoms with Crippen molar-refractivity contribution in [2.45, 2.75) is 38.4 Å². The van der Waals surface area contributed by atoms with E-state index in [1.165, 1.54) is 7.05 Å². The zero-order valence-corrected chi connectivity index (χ0v) is 9.19. The molecule has 6 heteroatoms. The largest absolute Gasteiger partial charge is 0.390 e. The summed E-state index contributed by atoms with van der Waals surface area (Å²) in [5, 5.41) is 0. The van der Waals surface area contributed by atoms with E-state index in [4.69, 9.17) is 5.73 Å². The number of halogens is 3. The Morgan fingerprint density at radius 3 is 2.13 bits per heavy atom. The first-order chi connectivity index (χ1) is 6.51. The molecule has 0 rings (SSSR count). The summed E-state index contributed by atoms with van der Waals surface area (Å²) < 4.78 is 35.6. The molecule has 0 atom stereocenters. The van der Waals surface area contributed by atoms with Crippen LogP contribution in [0.15, 0.2) is 0 Å². The molecule has 0 bridgehead atoms. The van der Waals surface area contributed by atoms with Gasteiger partial charge in [0.1, 0.15) is 0 Å². The summed E-state index contributed by atoms with van der Waals surface area (Å²) in [6.45, 7) is 2.99. The molecule has 0 spiro atoms. The second-order valence-electron chi connectivity index (χ2n) is 4.35. The van der Waals surface area contributed by atoms with Gasteiger partial charge in [0.25, 0.3) is 0 Å². The fourth-order valence-electron chi connectivity index (χ4n) is 0.944. The summed E-state index contributed by atoms with van der Waals surface area (Å²) in [5.74, 6) is -0.369. The molecule has 15 heavy (non-hydrogen) atoms. The van der Waals surface area contributed by atoms with Gasteiger partial charge in [-0.1, -0.05) is 0 Å². The highest BCUT2D eigenvalue weighted by molar-refractivity contribution is 5.77. The minimum absolute atomic E-state index is 0.0430. The molecule has 1 amide bonds. The minimum Gasteiger partial charge on any atom is -0.345 e. The van der Waals surface area contributed by atoms with Crippen LogP contribution in [0.3, 0.4) is 0 Å². The Morgan fingerprint density at radius 1 is 1.33 bits per heavy atom. The highest BCUT2D eigenvalue weighted by atomic mass is 19.4. The summed E-state index contributed by atoms with van der Waals surface area (Å²) in [5.41, 5.74) is 4.90. The Morgan fingerprint density at radius 2 is 1.80 bits per heavy atom. The van der Waals surface area contributed by atoms with Gasteiger partial charge < -0.3 is 10.6 Å². The summed E-state index contributed by atoms with van der Waals surface area (Å²) in [6, 6.07) is 0. The van der Waals surface area contributed by atoms with E-state index >= 15 is 0 Å². The summed E-state index contributed by atoms with van der Waals surface area (Å²) in [6.07, 6.45) is -5.17. The van der Waals surface area contributed by atoms with Gasteiger partial charge in [-0.25, -0.2) is 0 Å². The normalized spacial score (nSPS) is 12.7. The summed E-state index contributed by atoms with van der Waals surface area (Å²) in [7, 11) is 1.35. The predicted octanol–water partition coefficient (Wildman–Crippen LogP) is 1.52. The Kier molecular flexibility index (Phi) is 4.58. The van der Waals surface area contributed by atoms with Gasteiger partial charge in [0.15, 0.2) is 0 Å². The zero-order chi connectivity index (χ0) is 12.3. The highest BCUT2D eigenvalue weighted by Gasteiger charge is 2.28. The molecule has 0 aliphatic carbocycles. The van der Waals surface area contributed by atoms with E-state index in [1.807, 2.05) is 0 Å². The molecule has 2 N–H and O–H groups in total. The van der Waals surface area contributed by atoms with Crippen LogP contribution in [0.25, 0.3) is 0 Å². The van der Waals surface area contributed by atoms with Crippen LogP contribution in [0.1, 0.15) is 26.7 Å². The number of nitrogens with zero attached hydrogens (tertiary/aromatic N) is 1. The molecular weight excluding hydrogens is 209 g/mol. The van der Waals surface area contributed by atoms with Gasteiger partial charge in [-0.15, -0.1) is 0 Å². The zero-order valence-electron chi connectivity index (χ0n) is 9.19. The Labute approximate surface area is 87.4 Å². The van der Waals surface area contributed by atoms with Gasteiger partial charge in [0, 0.05) is 25.6 Å². The van der Waals surface area contributed by atoms with E-state index in [9.17, 15) is 18.0 Å². The molecule has 0 heterocycles. The third-order valence-electron chi connectivity index (χ3n) is 1.76. The quantitative estimate of drug-likeness (QED) is 0.790. The molecule has 0 saturated heterocycles. The maximum Gasteiger partial charge on any atom is 0.390 e. The van der Waals surface area contributed by atoms with E-state index in [2.05, 4.69) is 0 Å². The maximum atomic E-state index is 11.9. The number of nitrogens with two attached hydrogens (primary N) is 1. The Balaban J connectivity index is 4.01. The van der Waals surface area contributed by atoms with E-state index in [0.717, 1.165) is 4.90 Å². The van der Waals surface area contributed by atoms with Gasteiger partial charge in [-0.2, -0.15) is 13.2 Å². The van der Waals surface area contributed by atoms with Crippen LogP contribution < -0.4 is 5.73 Å². The average Bonchev–Trinajstić information content (AvgIpc) is 1.95. The molecule has 0 saturated carbocycles. The summed E-state index contributed by atoms with van der Waals surface area (Å²) >= 11 is 0. The standard InChI is InChI=1S/C9H17F3N2O/c1-8(2,13)6-7(15)14(3)5-4-9(10,11)12/h4-6,13H2,1-3H3.